The summed E-state index contributed by atoms with van der Waals surface area (Å²) in [5.74, 6) is 0.643. The lowest BCUT2D eigenvalue weighted by molar-refractivity contribution is 0.0598. The Hall–Kier alpha value is -1.04. The number of benzene rings is 1. The maximum atomic E-state index is 10.1. The number of ether oxygens (including phenoxy) is 1. The van der Waals surface area contributed by atoms with Crippen molar-refractivity contribution in [2.45, 2.75) is 20.0 Å². The minimum absolute atomic E-state index is 0.0114. The molecule has 0 aliphatic carbocycles. The Kier molecular flexibility index (Phi) is 2.92. The van der Waals surface area contributed by atoms with Crippen molar-refractivity contribution in [1.82, 2.24) is 0 Å². The summed E-state index contributed by atoms with van der Waals surface area (Å²) >= 11 is 0. The van der Waals surface area contributed by atoms with Crippen molar-refractivity contribution >= 4 is 12.6 Å². The first-order chi connectivity index (χ1) is 7.52. The summed E-state index contributed by atoms with van der Waals surface area (Å²) in [4.78, 5) is 0. The Morgan fingerprint density at radius 3 is 2.69 bits per heavy atom. The number of fused-ring (bicyclic) bond motifs is 1. The van der Waals surface area contributed by atoms with Gasteiger partial charge in [0.15, 0.2) is 0 Å². The average Bonchev–Trinajstić information content (AvgIpc) is 2.23. The Labute approximate surface area is 94.6 Å². The normalized spacial score (nSPS) is 23.6. The van der Waals surface area contributed by atoms with E-state index in [0.717, 1.165) is 0 Å². The fourth-order valence-electron chi connectivity index (χ4n) is 2.09. The molecule has 86 valence electrons. The van der Waals surface area contributed by atoms with Crippen LogP contribution in [0.4, 0.5) is 0 Å². The monoisotopic (exact) mass is 222 g/mol. The first-order valence-corrected chi connectivity index (χ1v) is 5.32. The summed E-state index contributed by atoms with van der Waals surface area (Å²) in [5.41, 5.74) is 1.77. The average molecular weight is 222 g/mol. The predicted molar refractivity (Wildman–Crippen MR) is 60.6 cm³/mol. The van der Waals surface area contributed by atoms with Gasteiger partial charge in [-0.15, -0.1) is 0 Å². The molecule has 1 aromatic rings. The van der Waals surface area contributed by atoms with Crippen LogP contribution in [0.3, 0.4) is 0 Å². The molecule has 4 nitrogen and oxygen atoms in total. The van der Waals surface area contributed by atoms with Crippen molar-refractivity contribution in [3.8, 4) is 5.75 Å². The topological polar surface area (TPSA) is 69.9 Å². The van der Waals surface area contributed by atoms with Crippen molar-refractivity contribution in [3.05, 3.63) is 23.3 Å². The predicted octanol–water partition coefficient (Wildman–Crippen LogP) is -0.263. The van der Waals surface area contributed by atoms with Crippen LogP contribution in [0.15, 0.2) is 12.1 Å². The van der Waals surface area contributed by atoms with Gasteiger partial charge in [0, 0.05) is 11.5 Å². The zero-order valence-electron chi connectivity index (χ0n) is 9.34. The highest BCUT2D eigenvalue weighted by Crippen LogP contribution is 2.36. The standard InChI is InChI=1S/C11H15BO4/c1-6-5-16-9-4-3-8(12(14)15)7(2)10(9)11(6)13/h3-4,6,11,13-15H,5H2,1-2H3/t6-,11?/m0/s1. The number of hydrogen-bond donors (Lipinski definition) is 3. The molecule has 1 aliphatic rings. The molecule has 1 aromatic carbocycles. The molecular formula is C11H15BO4. The van der Waals surface area contributed by atoms with Crippen molar-refractivity contribution < 1.29 is 19.9 Å². The Morgan fingerprint density at radius 1 is 1.38 bits per heavy atom. The van der Waals surface area contributed by atoms with Crippen molar-refractivity contribution in [1.29, 1.82) is 0 Å². The second-order valence-corrected chi connectivity index (χ2v) is 4.30. The molecule has 0 radical (unpaired) electrons. The Bertz CT molecular complexity index is 405. The minimum Gasteiger partial charge on any atom is -0.493 e. The smallest absolute Gasteiger partial charge is 0.488 e. The Balaban J connectivity index is 2.54. The molecule has 16 heavy (non-hydrogen) atoms. The van der Waals surface area contributed by atoms with Crippen LogP contribution in [-0.4, -0.2) is 28.9 Å². The minimum atomic E-state index is -1.52. The van der Waals surface area contributed by atoms with Gasteiger partial charge in [-0.25, -0.2) is 0 Å². The van der Waals surface area contributed by atoms with Gasteiger partial charge >= 0.3 is 7.12 Å². The fourth-order valence-corrected chi connectivity index (χ4v) is 2.09. The maximum Gasteiger partial charge on any atom is 0.488 e. The molecule has 0 spiro atoms. The van der Waals surface area contributed by atoms with E-state index in [0.29, 0.717) is 28.9 Å². The molecule has 2 rings (SSSR count). The summed E-state index contributed by atoms with van der Waals surface area (Å²) in [5, 5.41) is 28.5. The van der Waals surface area contributed by atoms with Crippen LogP contribution in [0.1, 0.15) is 24.2 Å². The first kappa shape index (κ1) is 11.5. The molecule has 0 saturated carbocycles. The van der Waals surface area contributed by atoms with Gasteiger partial charge in [-0.05, 0) is 24.0 Å². The van der Waals surface area contributed by atoms with E-state index < -0.39 is 13.2 Å². The number of rotatable bonds is 1. The molecule has 0 aromatic heterocycles. The molecule has 0 saturated heterocycles. The fraction of sp³-hybridized carbons (Fsp3) is 0.455. The second kappa shape index (κ2) is 4.09. The second-order valence-electron chi connectivity index (χ2n) is 4.30. The van der Waals surface area contributed by atoms with E-state index in [-0.39, 0.29) is 5.92 Å². The highest BCUT2D eigenvalue weighted by molar-refractivity contribution is 6.59. The summed E-state index contributed by atoms with van der Waals surface area (Å²) in [6, 6.07) is 3.29. The summed E-state index contributed by atoms with van der Waals surface area (Å²) < 4.78 is 5.50. The maximum absolute atomic E-state index is 10.1. The van der Waals surface area contributed by atoms with Crippen LogP contribution < -0.4 is 10.2 Å². The van der Waals surface area contributed by atoms with E-state index in [1.165, 1.54) is 0 Å². The van der Waals surface area contributed by atoms with E-state index in [4.69, 9.17) is 4.74 Å². The van der Waals surface area contributed by atoms with Gasteiger partial charge in [0.05, 0.1) is 12.7 Å². The van der Waals surface area contributed by atoms with E-state index in [1.54, 1.807) is 19.1 Å². The van der Waals surface area contributed by atoms with Gasteiger partial charge in [0.2, 0.25) is 0 Å². The number of hydrogen-bond acceptors (Lipinski definition) is 4. The molecule has 2 atom stereocenters. The van der Waals surface area contributed by atoms with Gasteiger partial charge < -0.3 is 19.9 Å². The van der Waals surface area contributed by atoms with E-state index in [2.05, 4.69) is 0 Å². The van der Waals surface area contributed by atoms with E-state index >= 15 is 0 Å². The molecule has 5 heteroatoms. The molecule has 0 fully saturated rings. The van der Waals surface area contributed by atoms with Crippen LogP contribution in [-0.2, 0) is 0 Å². The van der Waals surface area contributed by atoms with Crippen LogP contribution in [0.25, 0.3) is 0 Å². The first-order valence-electron chi connectivity index (χ1n) is 5.32. The summed E-state index contributed by atoms with van der Waals surface area (Å²) in [6.07, 6.45) is -0.609. The van der Waals surface area contributed by atoms with E-state index in [1.807, 2.05) is 6.92 Å². The van der Waals surface area contributed by atoms with Crippen molar-refractivity contribution in [3.63, 3.8) is 0 Å². The zero-order valence-corrected chi connectivity index (χ0v) is 9.34. The third-order valence-electron chi connectivity index (χ3n) is 3.13. The van der Waals surface area contributed by atoms with Crippen LogP contribution in [0.2, 0.25) is 0 Å². The summed E-state index contributed by atoms with van der Waals surface area (Å²) in [6.45, 7) is 4.14. The molecule has 1 heterocycles. The largest absolute Gasteiger partial charge is 0.493 e. The molecule has 3 N–H and O–H groups in total. The molecule has 0 amide bonds. The van der Waals surface area contributed by atoms with Gasteiger partial charge in [-0.1, -0.05) is 13.0 Å². The molecule has 1 unspecified atom stereocenters. The zero-order chi connectivity index (χ0) is 11.9. The third-order valence-corrected chi connectivity index (χ3v) is 3.13. The lowest BCUT2D eigenvalue weighted by atomic mass is 9.74. The van der Waals surface area contributed by atoms with Crippen molar-refractivity contribution in [2.75, 3.05) is 6.61 Å². The lowest BCUT2D eigenvalue weighted by Gasteiger charge is -2.30. The van der Waals surface area contributed by atoms with E-state index in [9.17, 15) is 15.2 Å². The number of aliphatic hydroxyl groups excluding tert-OH is 1. The van der Waals surface area contributed by atoms with Gasteiger partial charge in [-0.3, -0.25) is 0 Å². The van der Waals surface area contributed by atoms with Crippen molar-refractivity contribution in [2.24, 2.45) is 5.92 Å². The van der Waals surface area contributed by atoms with Crippen LogP contribution in [0.5, 0.6) is 5.75 Å². The Morgan fingerprint density at radius 2 is 2.06 bits per heavy atom. The SMILES string of the molecule is Cc1c(B(O)O)ccc2c1C(O)[C@@H](C)CO2. The number of aliphatic hydroxyl groups is 1. The van der Waals surface area contributed by atoms with Crippen LogP contribution in [0, 0.1) is 12.8 Å². The lowest BCUT2D eigenvalue weighted by Crippen LogP contribution is -2.35. The summed E-state index contributed by atoms with van der Waals surface area (Å²) in [7, 11) is -1.52. The van der Waals surface area contributed by atoms with Gasteiger partial charge in [0.1, 0.15) is 5.75 Å². The van der Waals surface area contributed by atoms with Gasteiger partial charge in [-0.2, -0.15) is 0 Å². The molecule has 0 bridgehead atoms. The third kappa shape index (κ3) is 1.71. The van der Waals surface area contributed by atoms with Crippen LogP contribution >= 0.6 is 0 Å². The molecular weight excluding hydrogens is 207 g/mol. The molecule has 1 aliphatic heterocycles. The highest BCUT2D eigenvalue weighted by Gasteiger charge is 2.30. The quantitative estimate of drug-likeness (QED) is 0.572. The highest BCUT2D eigenvalue weighted by atomic mass is 16.5. The van der Waals surface area contributed by atoms with Gasteiger partial charge in [0.25, 0.3) is 0 Å².